The van der Waals surface area contributed by atoms with E-state index < -0.39 is 0 Å². The van der Waals surface area contributed by atoms with Crippen molar-refractivity contribution in [2.45, 2.75) is 45.8 Å². The molecule has 1 aromatic carbocycles. The molecular formula is C14H21NO. The van der Waals surface area contributed by atoms with Crippen molar-refractivity contribution in [3.63, 3.8) is 0 Å². The maximum atomic E-state index is 6.16. The van der Waals surface area contributed by atoms with Gasteiger partial charge in [0.05, 0.1) is 6.10 Å². The zero-order valence-corrected chi connectivity index (χ0v) is 10.4. The molecule has 0 radical (unpaired) electrons. The Morgan fingerprint density at radius 2 is 1.81 bits per heavy atom. The monoisotopic (exact) mass is 219 g/mol. The van der Waals surface area contributed by atoms with Crippen LogP contribution in [0.2, 0.25) is 0 Å². The molecule has 2 rings (SSSR count). The normalized spacial score (nSPS) is 25.8. The summed E-state index contributed by atoms with van der Waals surface area (Å²) in [5.74, 6) is 0. The van der Waals surface area contributed by atoms with Gasteiger partial charge in [-0.15, -0.1) is 0 Å². The molecule has 16 heavy (non-hydrogen) atoms. The van der Waals surface area contributed by atoms with Gasteiger partial charge >= 0.3 is 0 Å². The number of benzene rings is 1. The molecule has 2 atom stereocenters. The van der Waals surface area contributed by atoms with E-state index in [1.807, 2.05) is 0 Å². The summed E-state index contributed by atoms with van der Waals surface area (Å²) in [4.78, 5) is 0. The van der Waals surface area contributed by atoms with Crippen LogP contribution in [0.3, 0.4) is 0 Å². The van der Waals surface area contributed by atoms with Crippen LogP contribution in [0.1, 0.15) is 41.2 Å². The van der Waals surface area contributed by atoms with E-state index in [0.717, 1.165) is 19.4 Å². The van der Waals surface area contributed by atoms with Gasteiger partial charge in [0, 0.05) is 12.6 Å². The minimum Gasteiger partial charge on any atom is -0.372 e. The predicted octanol–water partition coefficient (Wildman–Crippen LogP) is 2.79. The average molecular weight is 219 g/mol. The van der Waals surface area contributed by atoms with E-state index >= 15 is 0 Å². The molecule has 0 aliphatic carbocycles. The number of nitrogens with two attached hydrogens (primary N) is 1. The molecular weight excluding hydrogens is 198 g/mol. The summed E-state index contributed by atoms with van der Waals surface area (Å²) < 4.78 is 5.85. The number of aryl methyl sites for hydroxylation is 3. The van der Waals surface area contributed by atoms with Crippen LogP contribution in [0.5, 0.6) is 0 Å². The van der Waals surface area contributed by atoms with E-state index in [-0.39, 0.29) is 12.1 Å². The van der Waals surface area contributed by atoms with Crippen LogP contribution in [0.25, 0.3) is 0 Å². The lowest BCUT2D eigenvalue weighted by molar-refractivity contribution is -0.000583. The smallest absolute Gasteiger partial charge is 0.0980 e. The summed E-state index contributed by atoms with van der Waals surface area (Å²) in [5, 5.41) is 0. The predicted molar refractivity (Wildman–Crippen MR) is 66.6 cm³/mol. The first-order valence-electron chi connectivity index (χ1n) is 6.04. The van der Waals surface area contributed by atoms with Crippen LogP contribution in [-0.2, 0) is 4.74 Å². The third-order valence-corrected chi connectivity index (χ3v) is 3.39. The summed E-state index contributed by atoms with van der Waals surface area (Å²) in [5.41, 5.74) is 11.4. The van der Waals surface area contributed by atoms with Gasteiger partial charge in [0.15, 0.2) is 0 Å². The maximum Gasteiger partial charge on any atom is 0.0980 e. The highest BCUT2D eigenvalue weighted by Crippen LogP contribution is 2.32. The third-order valence-electron chi connectivity index (χ3n) is 3.39. The highest BCUT2D eigenvalue weighted by molar-refractivity contribution is 5.39. The quantitative estimate of drug-likeness (QED) is 0.788. The third kappa shape index (κ3) is 2.13. The lowest BCUT2D eigenvalue weighted by Gasteiger charge is -2.31. The summed E-state index contributed by atoms with van der Waals surface area (Å²) in [6.07, 6.45) is 2.24. The second kappa shape index (κ2) is 4.56. The number of hydrogen-bond acceptors (Lipinski definition) is 2. The highest BCUT2D eigenvalue weighted by atomic mass is 16.5. The van der Waals surface area contributed by atoms with Crippen LogP contribution in [-0.4, -0.2) is 12.6 Å². The lowest BCUT2D eigenvalue weighted by Crippen LogP contribution is -2.35. The van der Waals surface area contributed by atoms with Crippen LogP contribution >= 0.6 is 0 Å². The molecule has 1 aliphatic heterocycles. The van der Waals surface area contributed by atoms with Gasteiger partial charge in [0.1, 0.15) is 0 Å². The van der Waals surface area contributed by atoms with E-state index in [1.54, 1.807) is 0 Å². The largest absolute Gasteiger partial charge is 0.372 e. The van der Waals surface area contributed by atoms with Crippen molar-refractivity contribution in [1.29, 1.82) is 0 Å². The fourth-order valence-electron chi connectivity index (χ4n) is 2.74. The fourth-order valence-corrected chi connectivity index (χ4v) is 2.74. The van der Waals surface area contributed by atoms with Gasteiger partial charge in [-0.1, -0.05) is 17.7 Å². The molecule has 1 heterocycles. The Bertz CT molecular complexity index is 363. The minimum absolute atomic E-state index is 0.0920. The molecule has 0 amide bonds. The Hall–Kier alpha value is -0.860. The Labute approximate surface area is 97.8 Å². The van der Waals surface area contributed by atoms with Crippen LogP contribution in [0.4, 0.5) is 0 Å². The lowest BCUT2D eigenvalue weighted by atomic mass is 9.89. The van der Waals surface area contributed by atoms with Gasteiger partial charge in [-0.2, -0.15) is 0 Å². The molecule has 1 aliphatic rings. The minimum atomic E-state index is 0.0920. The van der Waals surface area contributed by atoms with E-state index in [4.69, 9.17) is 10.5 Å². The van der Waals surface area contributed by atoms with Gasteiger partial charge in [0.25, 0.3) is 0 Å². The SMILES string of the molecule is Cc1cc(C)c(C2OCCCC2N)c(C)c1. The molecule has 1 aromatic rings. The number of rotatable bonds is 1. The zero-order valence-electron chi connectivity index (χ0n) is 10.4. The molecule has 0 aromatic heterocycles. The molecule has 0 spiro atoms. The first-order valence-corrected chi connectivity index (χ1v) is 6.04. The Morgan fingerprint density at radius 3 is 2.38 bits per heavy atom. The molecule has 2 heteroatoms. The molecule has 2 N–H and O–H groups in total. The van der Waals surface area contributed by atoms with Crippen molar-refractivity contribution in [3.8, 4) is 0 Å². The van der Waals surface area contributed by atoms with Crippen LogP contribution < -0.4 is 5.73 Å². The van der Waals surface area contributed by atoms with Gasteiger partial charge < -0.3 is 10.5 Å². The van der Waals surface area contributed by atoms with E-state index in [2.05, 4.69) is 32.9 Å². The number of hydrogen-bond donors (Lipinski definition) is 1. The summed E-state index contributed by atoms with van der Waals surface area (Å²) in [6.45, 7) is 7.27. The first-order chi connectivity index (χ1) is 7.59. The van der Waals surface area contributed by atoms with Crippen molar-refractivity contribution in [1.82, 2.24) is 0 Å². The van der Waals surface area contributed by atoms with Crippen molar-refractivity contribution in [2.75, 3.05) is 6.61 Å². The average Bonchev–Trinajstić information content (AvgIpc) is 2.19. The second-order valence-corrected chi connectivity index (χ2v) is 4.91. The molecule has 2 unspecified atom stereocenters. The number of ether oxygens (including phenoxy) is 1. The summed E-state index contributed by atoms with van der Waals surface area (Å²) >= 11 is 0. The van der Waals surface area contributed by atoms with E-state index in [9.17, 15) is 0 Å². The van der Waals surface area contributed by atoms with Crippen molar-refractivity contribution >= 4 is 0 Å². The summed E-state index contributed by atoms with van der Waals surface area (Å²) in [7, 11) is 0. The van der Waals surface area contributed by atoms with Crippen molar-refractivity contribution in [3.05, 3.63) is 34.4 Å². The second-order valence-electron chi connectivity index (χ2n) is 4.91. The van der Waals surface area contributed by atoms with Gasteiger partial charge in [0.2, 0.25) is 0 Å². The topological polar surface area (TPSA) is 35.2 Å². The van der Waals surface area contributed by atoms with E-state index in [1.165, 1.54) is 22.3 Å². The Balaban J connectivity index is 2.38. The Kier molecular flexibility index (Phi) is 3.31. The van der Waals surface area contributed by atoms with E-state index in [0.29, 0.717) is 0 Å². The first kappa shape index (κ1) is 11.6. The molecule has 88 valence electrons. The molecule has 1 fully saturated rings. The molecule has 0 bridgehead atoms. The molecule has 0 saturated carbocycles. The maximum absolute atomic E-state index is 6.16. The Morgan fingerprint density at radius 1 is 1.19 bits per heavy atom. The van der Waals surface area contributed by atoms with Gasteiger partial charge in [-0.3, -0.25) is 0 Å². The van der Waals surface area contributed by atoms with Crippen molar-refractivity contribution in [2.24, 2.45) is 5.73 Å². The van der Waals surface area contributed by atoms with Gasteiger partial charge in [-0.05, 0) is 50.3 Å². The zero-order chi connectivity index (χ0) is 11.7. The molecule has 2 nitrogen and oxygen atoms in total. The van der Waals surface area contributed by atoms with Crippen LogP contribution in [0, 0.1) is 20.8 Å². The fraction of sp³-hybridized carbons (Fsp3) is 0.571. The standard InChI is InChI=1S/C14H21NO/c1-9-7-10(2)13(11(3)8-9)14-12(15)5-4-6-16-14/h7-8,12,14H,4-6,15H2,1-3H3. The molecule has 1 saturated heterocycles. The van der Waals surface area contributed by atoms with Crippen molar-refractivity contribution < 1.29 is 4.74 Å². The highest BCUT2D eigenvalue weighted by Gasteiger charge is 2.26. The summed E-state index contributed by atoms with van der Waals surface area (Å²) in [6, 6.07) is 4.58. The van der Waals surface area contributed by atoms with Gasteiger partial charge in [-0.25, -0.2) is 0 Å². The van der Waals surface area contributed by atoms with Crippen LogP contribution in [0.15, 0.2) is 12.1 Å².